The maximum atomic E-state index is 14.1. The first-order valence-corrected chi connectivity index (χ1v) is 12.6. The van der Waals surface area contributed by atoms with E-state index in [1.807, 2.05) is 0 Å². The molecule has 10 heteroatoms. The van der Waals surface area contributed by atoms with Crippen LogP contribution in [-0.2, 0) is 19.5 Å². The third kappa shape index (κ3) is 5.27. The SMILES string of the molecule is N#Cc1ccc2c(c1)c1c(n2C(=O)NCc2ccnc(Cl)c2)CCN(C/C=C/c2c(F)cc(Cl)cc2F)C1. The number of fused-ring (bicyclic) bond motifs is 3. The number of amides is 1. The predicted molar refractivity (Wildman–Crippen MR) is 143 cm³/mol. The molecule has 2 aromatic carbocycles. The molecule has 0 unspecified atom stereocenters. The lowest BCUT2D eigenvalue weighted by Gasteiger charge is -2.27. The summed E-state index contributed by atoms with van der Waals surface area (Å²) in [5.74, 6) is -1.45. The van der Waals surface area contributed by atoms with Crippen LogP contribution in [0.3, 0.4) is 0 Å². The third-order valence-electron chi connectivity index (χ3n) is 6.49. The van der Waals surface area contributed by atoms with E-state index in [-0.39, 0.29) is 23.2 Å². The van der Waals surface area contributed by atoms with Gasteiger partial charge in [0.05, 0.1) is 17.1 Å². The number of nitriles is 1. The second kappa shape index (κ2) is 10.9. The highest BCUT2D eigenvalue weighted by Crippen LogP contribution is 2.32. The molecule has 38 heavy (non-hydrogen) atoms. The molecule has 6 nitrogen and oxygen atoms in total. The number of rotatable bonds is 5. The summed E-state index contributed by atoms with van der Waals surface area (Å²) < 4.78 is 29.9. The predicted octanol–water partition coefficient (Wildman–Crippen LogP) is 6.32. The summed E-state index contributed by atoms with van der Waals surface area (Å²) in [5.41, 5.74) is 3.70. The molecule has 2 aromatic heterocycles. The molecule has 1 N–H and O–H groups in total. The van der Waals surface area contributed by atoms with E-state index in [0.717, 1.165) is 34.3 Å². The van der Waals surface area contributed by atoms with Crippen molar-refractivity contribution in [3.63, 3.8) is 0 Å². The summed E-state index contributed by atoms with van der Waals surface area (Å²) in [6, 6.07) is 12.8. The average molecular weight is 552 g/mol. The average Bonchev–Trinajstić information content (AvgIpc) is 3.22. The van der Waals surface area contributed by atoms with E-state index in [0.29, 0.717) is 42.3 Å². The van der Waals surface area contributed by atoms with Gasteiger partial charge in [0.1, 0.15) is 16.8 Å². The van der Waals surface area contributed by atoms with Gasteiger partial charge in [-0.05, 0) is 53.6 Å². The van der Waals surface area contributed by atoms with E-state index in [2.05, 4.69) is 21.3 Å². The van der Waals surface area contributed by atoms with Crippen molar-refractivity contribution in [2.75, 3.05) is 13.1 Å². The molecule has 5 rings (SSSR count). The lowest BCUT2D eigenvalue weighted by atomic mass is 10.0. The van der Waals surface area contributed by atoms with Gasteiger partial charge in [0.15, 0.2) is 0 Å². The number of carbonyl (C=O) groups is 1. The van der Waals surface area contributed by atoms with Crippen LogP contribution in [0.2, 0.25) is 10.2 Å². The van der Waals surface area contributed by atoms with Gasteiger partial charge in [-0.3, -0.25) is 9.47 Å². The maximum Gasteiger partial charge on any atom is 0.326 e. The van der Waals surface area contributed by atoms with Crippen molar-refractivity contribution in [2.45, 2.75) is 19.5 Å². The van der Waals surface area contributed by atoms with E-state index < -0.39 is 11.6 Å². The fraction of sp³-hybridized carbons (Fsp3) is 0.179. The van der Waals surface area contributed by atoms with Gasteiger partial charge in [-0.25, -0.2) is 18.6 Å². The molecule has 1 aliphatic rings. The number of hydrogen-bond donors (Lipinski definition) is 1. The highest BCUT2D eigenvalue weighted by molar-refractivity contribution is 6.30. The van der Waals surface area contributed by atoms with Crippen molar-refractivity contribution in [1.82, 2.24) is 19.8 Å². The van der Waals surface area contributed by atoms with Crippen LogP contribution in [0.1, 0.15) is 27.9 Å². The lowest BCUT2D eigenvalue weighted by molar-refractivity contribution is 0.240. The second-order valence-electron chi connectivity index (χ2n) is 8.92. The van der Waals surface area contributed by atoms with Crippen LogP contribution in [-0.4, -0.2) is 33.6 Å². The van der Waals surface area contributed by atoms with Crippen molar-refractivity contribution in [3.05, 3.63) is 104 Å². The standard InChI is InChI=1S/C28H21Cl2F2N5O/c29-19-12-23(31)20(24(32)13-19)2-1-8-36-9-6-26-22(16-36)21-10-17(14-33)3-4-25(21)37(26)28(38)35-15-18-5-7-34-27(30)11-18/h1-5,7,10-13H,6,8-9,15-16H2,(H,35,38)/b2-1+. The summed E-state index contributed by atoms with van der Waals surface area (Å²) in [7, 11) is 0. The van der Waals surface area contributed by atoms with E-state index in [1.165, 1.54) is 6.08 Å². The Morgan fingerprint density at radius 2 is 1.95 bits per heavy atom. The van der Waals surface area contributed by atoms with Gasteiger partial charge >= 0.3 is 6.03 Å². The van der Waals surface area contributed by atoms with Crippen molar-refractivity contribution < 1.29 is 13.6 Å². The molecule has 0 fully saturated rings. The smallest absolute Gasteiger partial charge is 0.326 e. The van der Waals surface area contributed by atoms with Gasteiger partial charge in [0.2, 0.25) is 0 Å². The molecule has 1 amide bonds. The van der Waals surface area contributed by atoms with Gasteiger partial charge in [-0.1, -0.05) is 35.4 Å². The van der Waals surface area contributed by atoms with Crippen LogP contribution >= 0.6 is 23.2 Å². The van der Waals surface area contributed by atoms with Crippen molar-refractivity contribution in [2.24, 2.45) is 0 Å². The molecular formula is C28H21Cl2F2N5O. The van der Waals surface area contributed by atoms with Crippen LogP contribution in [0, 0.1) is 23.0 Å². The number of halogens is 4. The molecule has 1 aliphatic heterocycles. The van der Waals surface area contributed by atoms with Crippen molar-refractivity contribution in [3.8, 4) is 6.07 Å². The minimum Gasteiger partial charge on any atom is -0.333 e. The van der Waals surface area contributed by atoms with Crippen LogP contribution in [0.25, 0.3) is 17.0 Å². The molecule has 0 aliphatic carbocycles. The van der Waals surface area contributed by atoms with Gasteiger partial charge in [-0.15, -0.1) is 0 Å². The number of aromatic nitrogens is 2. The molecule has 192 valence electrons. The summed E-state index contributed by atoms with van der Waals surface area (Å²) in [4.78, 5) is 19.4. The van der Waals surface area contributed by atoms with Crippen LogP contribution in [0.5, 0.6) is 0 Å². The Hall–Kier alpha value is -3.77. The first-order chi connectivity index (χ1) is 18.3. The fourth-order valence-electron chi connectivity index (χ4n) is 4.71. The summed E-state index contributed by atoms with van der Waals surface area (Å²) in [6.45, 7) is 1.87. The third-order valence-corrected chi connectivity index (χ3v) is 6.91. The molecule has 0 saturated carbocycles. The Kier molecular flexibility index (Phi) is 7.43. The highest BCUT2D eigenvalue weighted by atomic mass is 35.5. The van der Waals surface area contributed by atoms with Crippen molar-refractivity contribution in [1.29, 1.82) is 5.26 Å². The molecule has 0 radical (unpaired) electrons. The van der Waals surface area contributed by atoms with Crippen LogP contribution < -0.4 is 5.32 Å². The Labute approximate surface area is 227 Å². The number of carbonyl (C=O) groups excluding carboxylic acids is 1. The Balaban J connectivity index is 1.40. The molecule has 0 atom stereocenters. The lowest BCUT2D eigenvalue weighted by Crippen LogP contribution is -2.34. The summed E-state index contributed by atoms with van der Waals surface area (Å²) in [6.07, 6.45) is 5.27. The summed E-state index contributed by atoms with van der Waals surface area (Å²) in [5, 5.41) is 13.6. The first-order valence-electron chi connectivity index (χ1n) is 11.8. The zero-order valence-electron chi connectivity index (χ0n) is 20.0. The van der Waals surface area contributed by atoms with Gasteiger partial charge < -0.3 is 5.32 Å². The molecular weight excluding hydrogens is 531 g/mol. The summed E-state index contributed by atoms with van der Waals surface area (Å²) >= 11 is 11.7. The number of pyridine rings is 1. The number of nitrogens with zero attached hydrogens (tertiary/aromatic N) is 4. The van der Waals surface area contributed by atoms with Crippen LogP contribution in [0.15, 0.2) is 54.7 Å². The normalized spacial score (nSPS) is 13.6. The van der Waals surface area contributed by atoms with E-state index in [9.17, 15) is 18.8 Å². The zero-order valence-corrected chi connectivity index (χ0v) is 21.5. The van der Waals surface area contributed by atoms with E-state index >= 15 is 0 Å². The van der Waals surface area contributed by atoms with Gasteiger partial charge in [-0.2, -0.15) is 5.26 Å². The first kappa shape index (κ1) is 25.9. The second-order valence-corrected chi connectivity index (χ2v) is 9.74. The number of nitrogens with one attached hydrogen (secondary N) is 1. The topological polar surface area (TPSA) is 74.0 Å². The van der Waals surface area contributed by atoms with Gasteiger partial charge in [0, 0.05) is 60.5 Å². The van der Waals surface area contributed by atoms with Crippen LogP contribution in [0.4, 0.5) is 13.6 Å². The molecule has 0 spiro atoms. The Morgan fingerprint density at radius 1 is 1.16 bits per heavy atom. The minimum absolute atomic E-state index is 0.00227. The Bertz CT molecular complexity index is 1600. The number of benzene rings is 2. The highest BCUT2D eigenvalue weighted by Gasteiger charge is 2.26. The molecule has 3 heterocycles. The molecule has 4 aromatic rings. The Morgan fingerprint density at radius 3 is 2.68 bits per heavy atom. The largest absolute Gasteiger partial charge is 0.333 e. The quantitative estimate of drug-likeness (QED) is 0.294. The fourth-order valence-corrected chi connectivity index (χ4v) is 5.10. The monoisotopic (exact) mass is 551 g/mol. The van der Waals surface area contributed by atoms with E-state index in [4.69, 9.17) is 23.2 Å². The van der Waals surface area contributed by atoms with E-state index in [1.54, 1.807) is 47.2 Å². The van der Waals surface area contributed by atoms with Gasteiger partial charge in [0.25, 0.3) is 0 Å². The number of hydrogen-bond acceptors (Lipinski definition) is 4. The molecule has 0 saturated heterocycles. The van der Waals surface area contributed by atoms with Crippen molar-refractivity contribution >= 4 is 46.2 Å². The zero-order chi connectivity index (χ0) is 26.8. The minimum atomic E-state index is -0.723. The molecule has 0 bridgehead atoms. The maximum absolute atomic E-state index is 14.1.